The summed E-state index contributed by atoms with van der Waals surface area (Å²) in [5, 5.41) is 5.09. The van der Waals surface area contributed by atoms with E-state index in [1.54, 1.807) is 0 Å². The van der Waals surface area contributed by atoms with Gasteiger partial charge >= 0.3 is 8.80 Å². The van der Waals surface area contributed by atoms with Gasteiger partial charge in [0.15, 0.2) is 0 Å². The van der Waals surface area contributed by atoms with Crippen LogP contribution in [0.5, 0.6) is 0 Å². The normalized spacial score (nSPS) is 12.1. The van der Waals surface area contributed by atoms with E-state index in [1.165, 1.54) is 27.1 Å². The first-order valence-corrected chi connectivity index (χ1v) is 12.5. The van der Waals surface area contributed by atoms with Crippen molar-refractivity contribution >= 4 is 30.3 Å². The standard InChI is InChI=1S/C24H32O4Si/c1-4-26-29(27-5-2,28-6-3)17-9-16-25-19-20-12-13-22-15-14-21-10-7-8-11-23(21)24(22)18-20/h7-8,10-15,18H,4-6,9,16-17,19H2,1-3H3. The number of ether oxygens (including phenoxy) is 1. The van der Waals surface area contributed by atoms with Crippen molar-refractivity contribution in [3.05, 3.63) is 60.2 Å². The van der Waals surface area contributed by atoms with E-state index in [-0.39, 0.29) is 0 Å². The predicted octanol–water partition coefficient (Wildman–Crippen LogP) is 5.95. The number of hydrogen-bond acceptors (Lipinski definition) is 4. The second-order valence-corrected chi connectivity index (χ2v) is 9.71. The molecule has 0 aliphatic heterocycles. The molecule has 156 valence electrons. The smallest absolute Gasteiger partial charge is 0.377 e. The highest BCUT2D eigenvalue weighted by molar-refractivity contribution is 6.60. The molecule has 0 bridgehead atoms. The topological polar surface area (TPSA) is 36.9 Å². The van der Waals surface area contributed by atoms with Crippen LogP contribution in [0.25, 0.3) is 21.5 Å². The van der Waals surface area contributed by atoms with Crippen LogP contribution in [0.15, 0.2) is 54.6 Å². The number of rotatable bonds is 12. The van der Waals surface area contributed by atoms with E-state index < -0.39 is 8.80 Å². The fourth-order valence-electron chi connectivity index (χ4n) is 3.72. The molecule has 0 radical (unpaired) electrons. The molecule has 0 spiro atoms. The van der Waals surface area contributed by atoms with Crippen LogP contribution in [-0.2, 0) is 24.6 Å². The van der Waals surface area contributed by atoms with Gasteiger partial charge < -0.3 is 18.0 Å². The van der Waals surface area contributed by atoms with Gasteiger partial charge in [-0.3, -0.25) is 0 Å². The zero-order chi connectivity index (χ0) is 20.5. The lowest BCUT2D eigenvalue weighted by atomic mass is 10.0. The summed E-state index contributed by atoms with van der Waals surface area (Å²) < 4.78 is 23.7. The summed E-state index contributed by atoms with van der Waals surface area (Å²) in [7, 11) is -2.57. The van der Waals surface area contributed by atoms with Gasteiger partial charge in [0.1, 0.15) is 0 Å². The third-order valence-electron chi connectivity index (χ3n) is 4.94. The maximum Gasteiger partial charge on any atom is 0.501 e. The summed E-state index contributed by atoms with van der Waals surface area (Å²) in [5.41, 5.74) is 1.19. The zero-order valence-electron chi connectivity index (χ0n) is 17.8. The van der Waals surface area contributed by atoms with Gasteiger partial charge in [-0.1, -0.05) is 48.5 Å². The van der Waals surface area contributed by atoms with Crippen LogP contribution < -0.4 is 0 Å². The summed E-state index contributed by atoms with van der Waals surface area (Å²) in [6.07, 6.45) is 0.864. The number of benzene rings is 3. The van der Waals surface area contributed by atoms with Gasteiger partial charge in [-0.05, 0) is 60.4 Å². The Morgan fingerprint density at radius 3 is 2.03 bits per heavy atom. The van der Waals surface area contributed by atoms with Crippen molar-refractivity contribution < 1.29 is 18.0 Å². The molecule has 0 atom stereocenters. The van der Waals surface area contributed by atoms with Crippen molar-refractivity contribution in [2.75, 3.05) is 26.4 Å². The van der Waals surface area contributed by atoms with Crippen LogP contribution in [0, 0.1) is 0 Å². The molecule has 3 aromatic rings. The largest absolute Gasteiger partial charge is 0.501 e. The Hall–Kier alpha value is -1.76. The molecule has 0 fully saturated rings. The Labute approximate surface area is 175 Å². The molecule has 0 aromatic heterocycles. The second kappa shape index (κ2) is 10.9. The molecule has 0 heterocycles. The molecule has 0 N–H and O–H groups in total. The van der Waals surface area contributed by atoms with Crippen LogP contribution in [0.1, 0.15) is 32.8 Å². The van der Waals surface area contributed by atoms with E-state index in [2.05, 4.69) is 54.6 Å². The van der Waals surface area contributed by atoms with Crippen molar-refractivity contribution in [3.8, 4) is 0 Å². The highest BCUT2D eigenvalue weighted by Crippen LogP contribution is 2.26. The maximum absolute atomic E-state index is 5.97. The Morgan fingerprint density at radius 1 is 0.724 bits per heavy atom. The van der Waals surface area contributed by atoms with Crippen molar-refractivity contribution in [3.63, 3.8) is 0 Å². The number of fused-ring (bicyclic) bond motifs is 3. The Balaban J connectivity index is 1.58. The Kier molecular flexibility index (Phi) is 8.21. The third-order valence-corrected chi connectivity index (χ3v) is 8.10. The maximum atomic E-state index is 5.97. The first-order valence-electron chi connectivity index (χ1n) is 10.6. The van der Waals surface area contributed by atoms with Crippen molar-refractivity contribution in [1.82, 2.24) is 0 Å². The monoisotopic (exact) mass is 412 g/mol. The van der Waals surface area contributed by atoms with E-state index in [9.17, 15) is 0 Å². The first-order chi connectivity index (χ1) is 14.2. The lowest BCUT2D eigenvalue weighted by Gasteiger charge is -2.28. The minimum atomic E-state index is -2.57. The molecule has 0 aliphatic rings. The number of hydrogen-bond donors (Lipinski definition) is 0. The molecule has 3 rings (SSSR count). The summed E-state index contributed by atoms with van der Waals surface area (Å²) in [6.45, 7) is 9.05. The fourth-order valence-corrected chi connectivity index (χ4v) is 6.30. The van der Waals surface area contributed by atoms with Crippen LogP contribution >= 0.6 is 0 Å². The summed E-state index contributed by atoms with van der Waals surface area (Å²) in [6, 6.07) is 20.2. The van der Waals surface area contributed by atoms with Crippen LogP contribution in [0.2, 0.25) is 6.04 Å². The van der Waals surface area contributed by atoms with Gasteiger partial charge in [0.2, 0.25) is 0 Å². The predicted molar refractivity (Wildman–Crippen MR) is 121 cm³/mol. The highest BCUT2D eigenvalue weighted by atomic mass is 28.4. The van der Waals surface area contributed by atoms with Crippen LogP contribution in [0.4, 0.5) is 0 Å². The van der Waals surface area contributed by atoms with E-state index >= 15 is 0 Å². The van der Waals surface area contributed by atoms with E-state index in [0.717, 1.165) is 12.5 Å². The molecular formula is C24H32O4Si. The minimum absolute atomic E-state index is 0.603. The highest BCUT2D eigenvalue weighted by Gasteiger charge is 2.39. The molecule has 0 unspecified atom stereocenters. The van der Waals surface area contributed by atoms with Crippen molar-refractivity contribution in [1.29, 1.82) is 0 Å². The van der Waals surface area contributed by atoms with Gasteiger partial charge in [0.05, 0.1) is 6.61 Å². The molecule has 4 nitrogen and oxygen atoms in total. The SMILES string of the molecule is CCO[Si](CCCOCc1ccc2ccc3ccccc3c2c1)(OCC)OCC. The average molecular weight is 413 g/mol. The molecule has 3 aromatic carbocycles. The molecule has 5 heteroatoms. The molecule has 0 saturated carbocycles. The lowest BCUT2D eigenvalue weighted by Crippen LogP contribution is -2.46. The first kappa shape index (κ1) is 21.9. The molecule has 0 amide bonds. The van der Waals surface area contributed by atoms with Gasteiger partial charge in [-0.15, -0.1) is 0 Å². The molecule has 0 aliphatic carbocycles. The Bertz CT molecular complexity index is 895. The summed E-state index contributed by atoms with van der Waals surface area (Å²) in [5.74, 6) is 0. The molecule has 29 heavy (non-hydrogen) atoms. The molecular weight excluding hydrogens is 380 g/mol. The van der Waals surface area contributed by atoms with Gasteiger partial charge in [0.25, 0.3) is 0 Å². The van der Waals surface area contributed by atoms with E-state index in [0.29, 0.717) is 33.0 Å². The van der Waals surface area contributed by atoms with Crippen molar-refractivity contribution in [2.45, 2.75) is 39.8 Å². The fraction of sp³-hybridized carbons (Fsp3) is 0.417. The van der Waals surface area contributed by atoms with Gasteiger partial charge in [-0.2, -0.15) is 0 Å². The van der Waals surface area contributed by atoms with Crippen molar-refractivity contribution in [2.24, 2.45) is 0 Å². The third kappa shape index (κ3) is 5.65. The summed E-state index contributed by atoms with van der Waals surface area (Å²) in [4.78, 5) is 0. The van der Waals surface area contributed by atoms with E-state index in [1.807, 2.05) is 20.8 Å². The average Bonchev–Trinajstić information content (AvgIpc) is 2.74. The quantitative estimate of drug-likeness (QED) is 0.209. The summed E-state index contributed by atoms with van der Waals surface area (Å²) >= 11 is 0. The minimum Gasteiger partial charge on any atom is -0.377 e. The van der Waals surface area contributed by atoms with E-state index in [4.69, 9.17) is 18.0 Å². The second-order valence-electron chi connectivity index (χ2n) is 6.98. The lowest BCUT2D eigenvalue weighted by molar-refractivity contribution is 0.0647. The van der Waals surface area contributed by atoms with Gasteiger partial charge in [0, 0.05) is 32.5 Å². The zero-order valence-corrected chi connectivity index (χ0v) is 18.8. The van der Waals surface area contributed by atoms with Crippen LogP contribution in [-0.4, -0.2) is 35.2 Å². The Morgan fingerprint density at radius 2 is 1.34 bits per heavy atom. The van der Waals surface area contributed by atoms with Gasteiger partial charge in [-0.25, -0.2) is 0 Å². The van der Waals surface area contributed by atoms with Crippen LogP contribution in [0.3, 0.4) is 0 Å². The molecule has 0 saturated heterocycles.